The van der Waals surface area contributed by atoms with Gasteiger partial charge in [0.05, 0.1) is 6.10 Å². The number of hydrogen-bond donors (Lipinski definition) is 2. The number of aliphatic hydroxyl groups is 1. The van der Waals surface area contributed by atoms with E-state index in [0.29, 0.717) is 13.0 Å². The van der Waals surface area contributed by atoms with Crippen LogP contribution in [0.1, 0.15) is 44.4 Å². The van der Waals surface area contributed by atoms with E-state index in [0.717, 1.165) is 5.56 Å². The maximum absolute atomic E-state index is 11.8. The molecule has 0 aliphatic heterocycles. The number of rotatable bonds is 6. The zero-order valence-corrected chi connectivity index (χ0v) is 14.0. The van der Waals surface area contributed by atoms with Gasteiger partial charge >= 0.3 is 0 Å². The minimum atomic E-state index is -0.697. The zero-order chi connectivity index (χ0) is 16.9. The molecule has 2 rings (SSSR count). The number of aliphatic hydroxyl groups excluding tert-OH is 1. The van der Waals surface area contributed by atoms with Gasteiger partial charge in [0.25, 0.3) is 0 Å². The lowest BCUT2D eigenvalue weighted by Gasteiger charge is -2.20. The molecule has 0 aliphatic rings. The largest absolute Gasteiger partial charge is 0.387 e. The molecule has 0 saturated carbocycles. The molecule has 2 aromatic rings. The molecule has 0 fully saturated rings. The summed E-state index contributed by atoms with van der Waals surface area (Å²) >= 11 is 0. The van der Waals surface area contributed by atoms with Gasteiger partial charge in [0.1, 0.15) is 0 Å². The standard InChI is InChI=1S/C18H25N3O2/c1-18(2,3)15-7-5-14(6-8-15)16(22)13-19-17(23)9-12-21-11-4-10-20-21/h4-8,10-11,16,22H,9,12-13H2,1-3H3,(H,19,23)/t16-/m0/s1. The first-order valence-electron chi connectivity index (χ1n) is 7.89. The summed E-state index contributed by atoms with van der Waals surface area (Å²) in [6.45, 7) is 7.21. The molecule has 1 amide bonds. The van der Waals surface area contributed by atoms with Crippen LogP contribution < -0.4 is 5.32 Å². The minimum absolute atomic E-state index is 0.0875. The van der Waals surface area contributed by atoms with Gasteiger partial charge in [-0.25, -0.2) is 0 Å². The second-order valence-electron chi connectivity index (χ2n) is 6.71. The van der Waals surface area contributed by atoms with E-state index in [-0.39, 0.29) is 17.9 Å². The Hall–Kier alpha value is -2.14. The van der Waals surface area contributed by atoms with Crippen molar-refractivity contribution >= 4 is 5.91 Å². The Morgan fingerprint density at radius 3 is 2.57 bits per heavy atom. The number of carbonyl (C=O) groups is 1. The normalized spacial score (nSPS) is 12.9. The van der Waals surface area contributed by atoms with Gasteiger partial charge < -0.3 is 10.4 Å². The number of carbonyl (C=O) groups excluding carboxylic acids is 1. The Labute approximate surface area is 137 Å². The highest BCUT2D eigenvalue weighted by atomic mass is 16.3. The molecule has 0 radical (unpaired) electrons. The Morgan fingerprint density at radius 2 is 2.00 bits per heavy atom. The number of aryl methyl sites for hydroxylation is 1. The zero-order valence-electron chi connectivity index (χ0n) is 14.0. The minimum Gasteiger partial charge on any atom is -0.387 e. The fourth-order valence-electron chi connectivity index (χ4n) is 2.27. The van der Waals surface area contributed by atoms with Crippen molar-refractivity contribution in [1.29, 1.82) is 0 Å². The predicted octanol–water partition coefficient (Wildman–Crippen LogP) is 2.42. The SMILES string of the molecule is CC(C)(C)c1ccc([C@@H](O)CNC(=O)CCn2cccn2)cc1. The summed E-state index contributed by atoms with van der Waals surface area (Å²) in [5, 5.41) is 17.0. The van der Waals surface area contributed by atoms with Gasteiger partial charge in [-0.15, -0.1) is 0 Å². The predicted molar refractivity (Wildman–Crippen MR) is 90.0 cm³/mol. The van der Waals surface area contributed by atoms with Crippen LogP contribution in [0, 0.1) is 0 Å². The third-order valence-corrected chi connectivity index (χ3v) is 3.78. The van der Waals surface area contributed by atoms with Crippen molar-refractivity contribution in [2.45, 2.75) is 45.3 Å². The number of aromatic nitrogens is 2. The Kier molecular flexibility index (Phi) is 5.55. The van der Waals surface area contributed by atoms with Crippen LogP contribution in [0.2, 0.25) is 0 Å². The fourth-order valence-corrected chi connectivity index (χ4v) is 2.27. The van der Waals surface area contributed by atoms with Crippen LogP contribution in [0.15, 0.2) is 42.7 Å². The molecule has 5 heteroatoms. The molecule has 1 heterocycles. The Morgan fingerprint density at radius 1 is 1.30 bits per heavy atom. The number of hydrogen-bond acceptors (Lipinski definition) is 3. The molecule has 2 N–H and O–H groups in total. The third kappa shape index (κ3) is 5.21. The quantitative estimate of drug-likeness (QED) is 0.860. The number of benzene rings is 1. The summed E-state index contributed by atoms with van der Waals surface area (Å²) in [7, 11) is 0. The summed E-state index contributed by atoms with van der Waals surface area (Å²) < 4.78 is 1.71. The molecule has 1 atom stereocenters. The summed E-state index contributed by atoms with van der Waals surface area (Å²) in [6.07, 6.45) is 3.15. The Bertz CT molecular complexity index is 613. The van der Waals surface area contributed by atoms with E-state index in [2.05, 4.69) is 31.2 Å². The first-order chi connectivity index (χ1) is 10.9. The van der Waals surface area contributed by atoms with Crippen molar-refractivity contribution in [3.05, 3.63) is 53.9 Å². The molecule has 0 unspecified atom stereocenters. The van der Waals surface area contributed by atoms with Crippen LogP contribution in [0.4, 0.5) is 0 Å². The highest BCUT2D eigenvalue weighted by Crippen LogP contribution is 2.23. The topological polar surface area (TPSA) is 67.2 Å². The summed E-state index contributed by atoms with van der Waals surface area (Å²) in [6, 6.07) is 9.71. The molecular formula is C18H25N3O2. The molecule has 0 spiro atoms. The second-order valence-corrected chi connectivity index (χ2v) is 6.71. The molecule has 0 aliphatic carbocycles. The van der Waals surface area contributed by atoms with Crippen molar-refractivity contribution in [2.24, 2.45) is 0 Å². The van der Waals surface area contributed by atoms with Gasteiger partial charge in [-0.2, -0.15) is 5.10 Å². The summed E-state index contributed by atoms with van der Waals surface area (Å²) in [5.74, 6) is -0.0918. The van der Waals surface area contributed by atoms with Gasteiger partial charge in [0.15, 0.2) is 0 Å². The van der Waals surface area contributed by atoms with Crippen LogP contribution in [0.25, 0.3) is 0 Å². The number of nitrogens with one attached hydrogen (secondary N) is 1. The van der Waals surface area contributed by atoms with Crippen LogP contribution in [-0.4, -0.2) is 27.3 Å². The van der Waals surface area contributed by atoms with Crippen LogP contribution in [0.3, 0.4) is 0 Å². The maximum atomic E-state index is 11.8. The smallest absolute Gasteiger partial charge is 0.221 e. The van der Waals surface area contributed by atoms with Crippen molar-refractivity contribution in [2.75, 3.05) is 6.54 Å². The second kappa shape index (κ2) is 7.42. The third-order valence-electron chi connectivity index (χ3n) is 3.78. The molecule has 0 saturated heterocycles. The molecular weight excluding hydrogens is 290 g/mol. The lowest BCUT2D eigenvalue weighted by molar-refractivity contribution is -0.121. The van der Waals surface area contributed by atoms with Crippen molar-refractivity contribution in [3.63, 3.8) is 0 Å². The number of nitrogens with zero attached hydrogens (tertiary/aromatic N) is 2. The average molecular weight is 315 g/mol. The Balaban J connectivity index is 1.79. The van der Waals surface area contributed by atoms with Crippen molar-refractivity contribution in [3.8, 4) is 0 Å². The van der Waals surface area contributed by atoms with Gasteiger partial charge in [-0.1, -0.05) is 45.0 Å². The molecule has 1 aromatic carbocycles. The fraction of sp³-hybridized carbons (Fsp3) is 0.444. The van der Waals surface area contributed by atoms with Crippen LogP contribution >= 0.6 is 0 Å². The lowest BCUT2D eigenvalue weighted by atomic mass is 9.86. The molecule has 5 nitrogen and oxygen atoms in total. The molecule has 1 aromatic heterocycles. The summed E-state index contributed by atoms with van der Waals surface area (Å²) in [4.78, 5) is 11.8. The van der Waals surface area contributed by atoms with Crippen LogP contribution in [-0.2, 0) is 16.8 Å². The monoisotopic (exact) mass is 315 g/mol. The highest BCUT2D eigenvalue weighted by Gasteiger charge is 2.15. The van der Waals surface area contributed by atoms with Gasteiger partial charge in [-0.05, 0) is 22.6 Å². The van der Waals surface area contributed by atoms with Gasteiger partial charge in [0, 0.05) is 31.9 Å². The highest BCUT2D eigenvalue weighted by molar-refractivity contribution is 5.75. The van der Waals surface area contributed by atoms with E-state index in [1.54, 1.807) is 10.9 Å². The first kappa shape index (κ1) is 17.2. The van der Waals surface area contributed by atoms with E-state index in [4.69, 9.17) is 0 Å². The van der Waals surface area contributed by atoms with Gasteiger partial charge in [0.2, 0.25) is 5.91 Å². The molecule has 124 valence electrons. The number of amides is 1. The molecule has 23 heavy (non-hydrogen) atoms. The van der Waals surface area contributed by atoms with Crippen molar-refractivity contribution in [1.82, 2.24) is 15.1 Å². The molecule has 0 bridgehead atoms. The van der Waals surface area contributed by atoms with Crippen LogP contribution in [0.5, 0.6) is 0 Å². The van der Waals surface area contributed by atoms with Crippen molar-refractivity contribution < 1.29 is 9.90 Å². The maximum Gasteiger partial charge on any atom is 0.221 e. The first-order valence-corrected chi connectivity index (χ1v) is 7.89. The van der Waals surface area contributed by atoms with Gasteiger partial charge in [-0.3, -0.25) is 9.48 Å². The van der Waals surface area contributed by atoms with E-state index in [9.17, 15) is 9.90 Å². The summed E-state index contributed by atoms with van der Waals surface area (Å²) in [5.41, 5.74) is 2.12. The average Bonchev–Trinajstić information content (AvgIpc) is 3.03. The van der Waals surface area contributed by atoms with E-state index < -0.39 is 6.10 Å². The van der Waals surface area contributed by atoms with E-state index in [1.165, 1.54) is 5.56 Å². The van der Waals surface area contributed by atoms with E-state index in [1.807, 2.05) is 36.5 Å². The lowest BCUT2D eigenvalue weighted by Crippen LogP contribution is -2.29. The van der Waals surface area contributed by atoms with E-state index >= 15 is 0 Å².